The number of nitrogens with one attached hydrogen (secondary N) is 3. The number of benzene rings is 2. The first-order valence-corrected chi connectivity index (χ1v) is 7.81. The van der Waals surface area contributed by atoms with Crippen molar-refractivity contribution in [1.29, 1.82) is 0 Å². The number of amides is 3. The summed E-state index contributed by atoms with van der Waals surface area (Å²) in [7, 11) is 1.58. The van der Waals surface area contributed by atoms with Gasteiger partial charge in [-0.05, 0) is 60.7 Å². The van der Waals surface area contributed by atoms with Gasteiger partial charge in [-0.25, -0.2) is 4.79 Å². The Labute approximate surface area is 150 Å². The SMILES string of the molecule is COc1ccc(NC(=O)Nc2ccc(NC(=O)c3ccco3)cc2)cc1. The second-order valence-electron chi connectivity index (χ2n) is 5.32. The zero-order valence-corrected chi connectivity index (χ0v) is 14.0. The third kappa shape index (κ3) is 4.41. The van der Waals surface area contributed by atoms with Gasteiger partial charge in [0, 0.05) is 17.1 Å². The Morgan fingerprint density at radius 1 is 0.808 bits per heavy atom. The molecule has 3 aromatic rings. The van der Waals surface area contributed by atoms with Crippen molar-refractivity contribution in [3.05, 3.63) is 72.7 Å². The zero-order valence-electron chi connectivity index (χ0n) is 14.0. The van der Waals surface area contributed by atoms with Crippen molar-refractivity contribution in [3.63, 3.8) is 0 Å². The molecule has 0 fully saturated rings. The fourth-order valence-electron chi connectivity index (χ4n) is 2.21. The number of carbonyl (C=O) groups excluding carboxylic acids is 2. The van der Waals surface area contributed by atoms with Crippen LogP contribution >= 0.6 is 0 Å². The summed E-state index contributed by atoms with van der Waals surface area (Å²) in [5, 5.41) is 8.14. The molecule has 0 radical (unpaired) electrons. The number of hydrogen-bond acceptors (Lipinski definition) is 4. The van der Waals surface area contributed by atoms with Crippen LogP contribution < -0.4 is 20.7 Å². The van der Waals surface area contributed by atoms with Gasteiger partial charge in [0.15, 0.2) is 5.76 Å². The van der Waals surface area contributed by atoms with Gasteiger partial charge < -0.3 is 25.1 Å². The summed E-state index contributed by atoms with van der Waals surface area (Å²) in [6, 6.07) is 16.6. The van der Waals surface area contributed by atoms with Gasteiger partial charge in [0.1, 0.15) is 5.75 Å². The lowest BCUT2D eigenvalue weighted by atomic mass is 10.2. The Morgan fingerprint density at radius 3 is 1.85 bits per heavy atom. The predicted octanol–water partition coefficient (Wildman–Crippen LogP) is 4.18. The van der Waals surface area contributed by atoms with Gasteiger partial charge in [-0.3, -0.25) is 4.79 Å². The molecule has 1 heterocycles. The molecule has 0 saturated carbocycles. The van der Waals surface area contributed by atoms with E-state index in [4.69, 9.17) is 9.15 Å². The Kier molecular flexibility index (Phi) is 5.19. The van der Waals surface area contributed by atoms with Crippen LogP contribution in [0.25, 0.3) is 0 Å². The minimum Gasteiger partial charge on any atom is -0.497 e. The smallest absolute Gasteiger partial charge is 0.323 e. The van der Waals surface area contributed by atoms with E-state index < -0.39 is 0 Å². The maximum atomic E-state index is 12.0. The minimum atomic E-state index is -0.373. The van der Waals surface area contributed by atoms with Crippen LogP contribution in [0.1, 0.15) is 10.6 Å². The average Bonchev–Trinajstić information content (AvgIpc) is 3.19. The molecule has 3 amide bonds. The first kappa shape index (κ1) is 17.1. The zero-order chi connectivity index (χ0) is 18.4. The van der Waals surface area contributed by atoms with Crippen molar-refractivity contribution >= 4 is 29.0 Å². The van der Waals surface area contributed by atoms with Gasteiger partial charge >= 0.3 is 6.03 Å². The van der Waals surface area contributed by atoms with Crippen molar-refractivity contribution in [2.45, 2.75) is 0 Å². The van der Waals surface area contributed by atoms with Gasteiger partial charge in [-0.1, -0.05) is 0 Å². The van der Waals surface area contributed by atoms with E-state index in [0.717, 1.165) is 0 Å². The van der Waals surface area contributed by atoms with E-state index in [9.17, 15) is 9.59 Å². The van der Waals surface area contributed by atoms with Crippen molar-refractivity contribution in [2.24, 2.45) is 0 Å². The first-order chi connectivity index (χ1) is 12.6. The molecule has 3 N–H and O–H groups in total. The molecule has 26 heavy (non-hydrogen) atoms. The number of carbonyl (C=O) groups is 2. The number of methoxy groups -OCH3 is 1. The standard InChI is InChI=1S/C19H17N3O4/c1-25-16-10-8-15(9-11-16)22-19(24)21-14-6-4-13(5-7-14)20-18(23)17-3-2-12-26-17/h2-12H,1H3,(H,20,23)(H2,21,22,24). The highest BCUT2D eigenvalue weighted by molar-refractivity contribution is 6.03. The molecule has 2 aromatic carbocycles. The van der Waals surface area contributed by atoms with Gasteiger partial charge in [-0.15, -0.1) is 0 Å². The number of ether oxygens (including phenoxy) is 1. The van der Waals surface area contributed by atoms with E-state index in [-0.39, 0.29) is 17.7 Å². The third-order valence-corrected chi connectivity index (χ3v) is 3.49. The molecule has 0 atom stereocenters. The van der Waals surface area contributed by atoms with E-state index in [2.05, 4.69) is 16.0 Å². The second-order valence-corrected chi connectivity index (χ2v) is 5.32. The van der Waals surface area contributed by atoms with E-state index in [0.29, 0.717) is 22.8 Å². The minimum absolute atomic E-state index is 0.228. The summed E-state index contributed by atoms with van der Waals surface area (Å²) in [5.41, 5.74) is 1.82. The van der Waals surface area contributed by atoms with E-state index >= 15 is 0 Å². The van der Waals surface area contributed by atoms with Crippen molar-refractivity contribution in [3.8, 4) is 5.75 Å². The molecule has 0 spiro atoms. The van der Waals surface area contributed by atoms with Crippen LogP contribution in [-0.4, -0.2) is 19.0 Å². The lowest BCUT2D eigenvalue weighted by Crippen LogP contribution is -2.19. The maximum Gasteiger partial charge on any atom is 0.323 e. The molecule has 3 rings (SSSR count). The topological polar surface area (TPSA) is 92.6 Å². The summed E-state index contributed by atoms with van der Waals surface area (Å²) >= 11 is 0. The largest absolute Gasteiger partial charge is 0.497 e. The van der Waals surface area contributed by atoms with Crippen LogP contribution in [-0.2, 0) is 0 Å². The fraction of sp³-hybridized carbons (Fsp3) is 0.0526. The van der Waals surface area contributed by atoms with Crippen molar-refractivity contribution in [2.75, 3.05) is 23.1 Å². The third-order valence-electron chi connectivity index (χ3n) is 3.49. The molecule has 132 valence electrons. The number of anilines is 3. The van der Waals surface area contributed by atoms with Gasteiger partial charge in [-0.2, -0.15) is 0 Å². The number of furan rings is 1. The van der Waals surface area contributed by atoms with Gasteiger partial charge in [0.25, 0.3) is 5.91 Å². The molecule has 0 aliphatic rings. The van der Waals surface area contributed by atoms with E-state index in [1.54, 1.807) is 67.8 Å². The number of hydrogen-bond donors (Lipinski definition) is 3. The lowest BCUT2D eigenvalue weighted by Gasteiger charge is -2.09. The average molecular weight is 351 g/mol. The first-order valence-electron chi connectivity index (χ1n) is 7.81. The highest BCUT2D eigenvalue weighted by Crippen LogP contribution is 2.17. The molecule has 0 aliphatic carbocycles. The summed E-state index contributed by atoms with van der Waals surface area (Å²) in [4.78, 5) is 23.9. The van der Waals surface area contributed by atoms with Crippen LogP contribution in [0.5, 0.6) is 5.75 Å². The van der Waals surface area contributed by atoms with Crippen LogP contribution in [0.3, 0.4) is 0 Å². The summed E-state index contributed by atoms with van der Waals surface area (Å²) in [6.45, 7) is 0. The van der Waals surface area contributed by atoms with E-state index in [1.807, 2.05) is 0 Å². The number of urea groups is 1. The highest BCUT2D eigenvalue weighted by atomic mass is 16.5. The Bertz CT molecular complexity index is 872. The number of rotatable bonds is 5. The molecular formula is C19H17N3O4. The normalized spacial score (nSPS) is 10.0. The highest BCUT2D eigenvalue weighted by Gasteiger charge is 2.09. The molecule has 0 unspecified atom stereocenters. The summed E-state index contributed by atoms with van der Waals surface area (Å²) in [6.07, 6.45) is 1.43. The van der Waals surface area contributed by atoms with Crippen LogP contribution in [0.4, 0.5) is 21.9 Å². The van der Waals surface area contributed by atoms with E-state index in [1.165, 1.54) is 6.26 Å². The fourth-order valence-corrected chi connectivity index (χ4v) is 2.21. The molecule has 7 heteroatoms. The Hall–Kier alpha value is -3.74. The van der Waals surface area contributed by atoms with Crippen LogP contribution in [0.2, 0.25) is 0 Å². The molecule has 0 saturated heterocycles. The Morgan fingerprint density at radius 2 is 1.35 bits per heavy atom. The lowest BCUT2D eigenvalue weighted by molar-refractivity contribution is 0.0996. The molecule has 0 bridgehead atoms. The van der Waals surface area contributed by atoms with Crippen LogP contribution in [0.15, 0.2) is 71.3 Å². The van der Waals surface area contributed by atoms with Crippen molar-refractivity contribution in [1.82, 2.24) is 0 Å². The summed E-state index contributed by atoms with van der Waals surface area (Å²) in [5.74, 6) is 0.599. The van der Waals surface area contributed by atoms with Gasteiger partial charge in [0.05, 0.1) is 13.4 Å². The van der Waals surface area contributed by atoms with Crippen LogP contribution in [0, 0.1) is 0 Å². The molecule has 0 aliphatic heterocycles. The van der Waals surface area contributed by atoms with Gasteiger partial charge in [0.2, 0.25) is 0 Å². The molecular weight excluding hydrogens is 334 g/mol. The molecule has 1 aromatic heterocycles. The summed E-state index contributed by atoms with van der Waals surface area (Å²) < 4.78 is 10.1. The Balaban J connectivity index is 1.54. The van der Waals surface area contributed by atoms with Crippen molar-refractivity contribution < 1.29 is 18.7 Å². The predicted molar refractivity (Wildman–Crippen MR) is 98.7 cm³/mol. The monoisotopic (exact) mass is 351 g/mol. The maximum absolute atomic E-state index is 12.0. The molecule has 7 nitrogen and oxygen atoms in total. The quantitative estimate of drug-likeness (QED) is 0.643. The second kappa shape index (κ2) is 7.89.